The van der Waals surface area contributed by atoms with Gasteiger partial charge in [-0.3, -0.25) is 4.79 Å². The fourth-order valence-electron chi connectivity index (χ4n) is 4.15. The lowest BCUT2D eigenvalue weighted by molar-refractivity contribution is -0.146. The molecular formula is C25H38N2O6. The summed E-state index contributed by atoms with van der Waals surface area (Å²) in [6.45, 7) is 0.713. The zero-order valence-electron chi connectivity index (χ0n) is 19.6. The number of benzene rings is 1. The summed E-state index contributed by atoms with van der Waals surface area (Å²) in [5.74, 6) is -1.95. The predicted octanol–water partition coefficient (Wildman–Crippen LogP) is 4.17. The molecule has 2 saturated carbocycles. The van der Waals surface area contributed by atoms with Crippen LogP contribution in [0.4, 0.5) is 4.79 Å². The Morgan fingerprint density at radius 2 is 1.45 bits per heavy atom. The quantitative estimate of drug-likeness (QED) is 0.497. The summed E-state index contributed by atoms with van der Waals surface area (Å²) in [5, 5.41) is 14.8. The van der Waals surface area contributed by atoms with Gasteiger partial charge in [0.05, 0.1) is 0 Å². The van der Waals surface area contributed by atoms with E-state index in [-0.39, 0.29) is 6.61 Å². The molecule has 33 heavy (non-hydrogen) atoms. The Morgan fingerprint density at radius 3 is 1.94 bits per heavy atom. The van der Waals surface area contributed by atoms with Gasteiger partial charge in [-0.2, -0.15) is 0 Å². The number of ether oxygens (including phenoxy) is 2. The molecule has 184 valence electrons. The minimum atomic E-state index is -1.35. The molecule has 1 aromatic rings. The molecule has 0 heterocycles. The molecule has 0 saturated heterocycles. The standard InChI is InChI=1S/C13H15NO6.C12H23N/c1-9(15)19-8-11(12(16)17)14-13(18)20-7-10-5-3-2-4-6-10;1-3-7-11(8-4-1)13-12-9-5-2-6-10-12/h2-6,11H,7-8H2,1H3,(H,14,18)(H,16,17);11-13H,1-10H2/t11-;/m0./s1. The molecule has 2 fully saturated rings. The van der Waals surface area contributed by atoms with Gasteiger partial charge in [-0.25, -0.2) is 9.59 Å². The minimum Gasteiger partial charge on any atom is -0.480 e. The number of alkyl carbamates (subject to hydrolysis) is 1. The Bertz CT molecular complexity index is 699. The van der Waals surface area contributed by atoms with Gasteiger partial charge < -0.3 is 25.2 Å². The van der Waals surface area contributed by atoms with E-state index >= 15 is 0 Å². The van der Waals surface area contributed by atoms with Crippen LogP contribution in [0.3, 0.4) is 0 Å². The molecule has 1 aromatic carbocycles. The number of hydrogen-bond donors (Lipinski definition) is 3. The molecule has 1 amide bonds. The Hall–Kier alpha value is -2.61. The van der Waals surface area contributed by atoms with E-state index in [1.807, 2.05) is 6.07 Å². The normalized spacial score (nSPS) is 17.7. The topological polar surface area (TPSA) is 114 Å². The van der Waals surface area contributed by atoms with Crippen LogP contribution in [0.25, 0.3) is 0 Å². The molecular weight excluding hydrogens is 424 g/mol. The van der Waals surface area contributed by atoms with Gasteiger partial charge in [0, 0.05) is 19.0 Å². The third-order valence-corrected chi connectivity index (χ3v) is 5.94. The van der Waals surface area contributed by atoms with Crippen molar-refractivity contribution >= 4 is 18.0 Å². The number of carboxylic acids is 1. The molecule has 0 unspecified atom stereocenters. The van der Waals surface area contributed by atoms with Crippen LogP contribution in [-0.4, -0.2) is 47.9 Å². The van der Waals surface area contributed by atoms with Crippen LogP contribution in [0.15, 0.2) is 30.3 Å². The van der Waals surface area contributed by atoms with Crippen LogP contribution in [0.5, 0.6) is 0 Å². The average Bonchev–Trinajstić information content (AvgIpc) is 2.82. The van der Waals surface area contributed by atoms with E-state index in [1.165, 1.54) is 64.2 Å². The number of carboxylic acid groups (broad SMARTS) is 1. The first-order chi connectivity index (χ1) is 15.9. The van der Waals surface area contributed by atoms with Gasteiger partial charge >= 0.3 is 18.0 Å². The fraction of sp³-hybridized carbons (Fsp3) is 0.640. The number of esters is 1. The van der Waals surface area contributed by atoms with Crippen LogP contribution in [-0.2, 0) is 25.7 Å². The summed E-state index contributed by atoms with van der Waals surface area (Å²) < 4.78 is 9.40. The van der Waals surface area contributed by atoms with E-state index < -0.39 is 30.7 Å². The molecule has 8 nitrogen and oxygen atoms in total. The summed E-state index contributed by atoms with van der Waals surface area (Å²) in [7, 11) is 0. The summed E-state index contributed by atoms with van der Waals surface area (Å²) in [4.78, 5) is 32.9. The SMILES string of the molecule is C1CCC(NC2CCCCC2)CC1.CC(=O)OC[C@H](NC(=O)OCc1ccccc1)C(=O)O. The molecule has 3 N–H and O–H groups in total. The average molecular weight is 463 g/mol. The van der Waals surface area contributed by atoms with E-state index in [0.717, 1.165) is 24.6 Å². The molecule has 0 aliphatic heterocycles. The van der Waals surface area contributed by atoms with Gasteiger partial charge in [-0.1, -0.05) is 68.9 Å². The van der Waals surface area contributed by atoms with Gasteiger partial charge in [-0.15, -0.1) is 0 Å². The summed E-state index contributed by atoms with van der Waals surface area (Å²) in [6, 6.07) is 9.33. The summed E-state index contributed by atoms with van der Waals surface area (Å²) >= 11 is 0. The lowest BCUT2D eigenvalue weighted by Crippen LogP contribution is -2.44. The largest absolute Gasteiger partial charge is 0.480 e. The first kappa shape index (κ1) is 26.6. The molecule has 0 spiro atoms. The van der Waals surface area contributed by atoms with E-state index in [9.17, 15) is 14.4 Å². The third kappa shape index (κ3) is 11.7. The first-order valence-electron chi connectivity index (χ1n) is 12.0. The van der Waals surface area contributed by atoms with Gasteiger partial charge in [0.2, 0.25) is 0 Å². The van der Waals surface area contributed by atoms with E-state index in [4.69, 9.17) is 9.84 Å². The number of hydrogen-bond acceptors (Lipinski definition) is 6. The highest BCUT2D eigenvalue weighted by Gasteiger charge is 2.22. The summed E-state index contributed by atoms with van der Waals surface area (Å²) in [5.41, 5.74) is 0.773. The molecule has 2 aliphatic carbocycles. The van der Waals surface area contributed by atoms with Gasteiger partial charge in [0.15, 0.2) is 6.04 Å². The smallest absolute Gasteiger partial charge is 0.408 e. The lowest BCUT2D eigenvalue weighted by Gasteiger charge is -2.30. The highest BCUT2D eigenvalue weighted by atomic mass is 16.6. The Kier molecular flexibility index (Phi) is 12.3. The van der Waals surface area contributed by atoms with E-state index in [1.54, 1.807) is 24.3 Å². The van der Waals surface area contributed by atoms with Crippen LogP contribution < -0.4 is 10.6 Å². The molecule has 0 bridgehead atoms. The molecule has 8 heteroatoms. The van der Waals surface area contributed by atoms with Crippen molar-refractivity contribution in [2.45, 2.75) is 95.9 Å². The predicted molar refractivity (Wildman–Crippen MR) is 125 cm³/mol. The zero-order valence-corrected chi connectivity index (χ0v) is 19.6. The number of amides is 1. The van der Waals surface area contributed by atoms with Crippen molar-refractivity contribution in [1.82, 2.24) is 10.6 Å². The second kappa shape index (κ2) is 15.3. The maximum atomic E-state index is 11.4. The minimum absolute atomic E-state index is 0.0204. The number of aliphatic carboxylic acids is 1. The van der Waals surface area contributed by atoms with Crippen molar-refractivity contribution in [3.05, 3.63) is 35.9 Å². The number of carbonyl (C=O) groups is 3. The van der Waals surface area contributed by atoms with Gasteiger partial charge in [0.25, 0.3) is 0 Å². The fourth-order valence-corrected chi connectivity index (χ4v) is 4.15. The van der Waals surface area contributed by atoms with Gasteiger partial charge in [-0.05, 0) is 31.2 Å². The first-order valence-corrected chi connectivity index (χ1v) is 12.0. The van der Waals surface area contributed by atoms with Gasteiger partial charge in [0.1, 0.15) is 13.2 Å². The Balaban J connectivity index is 0.000000254. The second-order valence-electron chi connectivity index (χ2n) is 8.74. The van der Waals surface area contributed by atoms with Crippen molar-refractivity contribution in [2.75, 3.05) is 6.61 Å². The van der Waals surface area contributed by atoms with Crippen LogP contribution >= 0.6 is 0 Å². The second-order valence-corrected chi connectivity index (χ2v) is 8.74. The van der Waals surface area contributed by atoms with E-state index in [0.29, 0.717) is 0 Å². The van der Waals surface area contributed by atoms with Crippen molar-refractivity contribution in [3.63, 3.8) is 0 Å². The number of carbonyl (C=O) groups excluding carboxylic acids is 2. The number of rotatable bonds is 8. The maximum Gasteiger partial charge on any atom is 0.408 e. The highest BCUT2D eigenvalue weighted by molar-refractivity contribution is 5.80. The van der Waals surface area contributed by atoms with Crippen LogP contribution in [0, 0.1) is 0 Å². The molecule has 1 atom stereocenters. The van der Waals surface area contributed by atoms with Crippen molar-refractivity contribution in [3.8, 4) is 0 Å². The van der Waals surface area contributed by atoms with Crippen molar-refractivity contribution in [1.29, 1.82) is 0 Å². The van der Waals surface area contributed by atoms with Crippen molar-refractivity contribution in [2.24, 2.45) is 0 Å². The lowest BCUT2D eigenvalue weighted by atomic mass is 9.91. The van der Waals surface area contributed by atoms with Crippen molar-refractivity contribution < 1.29 is 29.0 Å². The molecule has 2 aliphatic rings. The summed E-state index contributed by atoms with van der Waals surface area (Å²) in [6.07, 6.45) is 13.7. The third-order valence-electron chi connectivity index (χ3n) is 5.94. The maximum absolute atomic E-state index is 11.4. The zero-order chi connectivity index (χ0) is 23.9. The van der Waals surface area contributed by atoms with Crippen LogP contribution in [0.2, 0.25) is 0 Å². The Morgan fingerprint density at radius 1 is 0.909 bits per heavy atom. The Labute approximate surface area is 196 Å². The molecule has 3 rings (SSSR count). The molecule has 0 aromatic heterocycles. The monoisotopic (exact) mass is 462 g/mol. The molecule has 0 radical (unpaired) electrons. The van der Waals surface area contributed by atoms with E-state index in [2.05, 4.69) is 15.4 Å². The highest BCUT2D eigenvalue weighted by Crippen LogP contribution is 2.22. The van der Waals surface area contributed by atoms with Crippen LogP contribution in [0.1, 0.15) is 76.7 Å². The number of nitrogens with one attached hydrogen (secondary N) is 2.